The van der Waals surface area contributed by atoms with Crippen molar-refractivity contribution in [1.82, 2.24) is 45.6 Å². The third-order valence-corrected chi connectivity index (χ3v) is 12.9. The van der Waals surface area contributed by atoms with Gasteiger partial charge < -0.3 is 37.4 Å². The van der Waals surface area contributed by atoms with E-state index in [9.17, 15) is 14.4 Å². The molecule has 5 heterocycles. The fraction of sp³-hybridized carbons (Fsp3) is 0.377. The predicted octanol–water partition coefficient (Wildman–Crippen LogP) is 7.64. The normalized spacial score (nSPS) is 13.6. The average Bonchev–Trinajstić information content (AvgIpc) is 4.14. The van der Waals surface area contributed by atoms with Gasteiger partial charge in [0.1, 0.15) is 5.69 Å². The van der Waals surface area contributed by atoms with Crippen molar-refractivity contribution in [3.63, 3.8) is 0 Å². The number of aldehydes is 1. The van der Waals surface area contributed by atoms with Crippen LogP contribution in [0.15, 0.2) is 104 Å². The number of carbonyl (C=O) groups excluding carboxylic acids is 2. The standard InChI is InChI=1S/C19H22N4O.C14H18N2.C9H7NO.C5H6N2O2.C5H11N.CH4.B.ClH.Na.H/c1-13-10-18(22-21-13)19(24)23(11-14-4-2-5-14)12-15-6-3-7-17-16(15)8-9-20-17;1-3-11(4-1)9-15-10-12-5-2-6-14-13(12)7-8-16-14;11-6-7-2-1-3-9-8(7)4-5-10-9;1-3-2-4(5(8)9)7-6-3;6-4-5-2-1-3-5;;;;;/h3,6-10,14,20H,2,4-5,11-12H2,1H3,(H,21,22);2,5-8,11,15-16H,1,3-4,9-10H2;1-6,10H;2H,1H3,(H,6,7)(H,8,9);5H,1-4,6H2;1H4;;1H;;/q;;;;;;;;+1;-1. The molecule has 0 unspecified atom stereocenters. The smallest absolute Gasteiger partial charge is 1.00 e. The molecule has 3 aliphatic carbocycles. The van der Waals surface area contributed by atoms with Crippen LogP contribution in [-0.4, -0.2) is 91.6 Å². The van der Waals surface area contributed by atoms with Gasteiger partial charge in [-0.25, -0.2) is 4.79 Å². The predicted molar refractivity (Wildman–Crippen MR) is 282 cm³/mol. The number of nitrogens with one attached hydrogen (secondary N) is 6. The molecule has 9 N–H and O–H groups in total. The number of halogens is 1. The Bertz CT molecular complexity index is 2790. The fourth-order valence-corrected chi connectivity index (χ4v) is 8.27. The Hall–Kier alpha value is -5.42. The molecule has 0 atom stereocenters. The number of hydrogen-bond donors (Lipinski definition) is 8. The summed E-state index contributed by atoms with van der Waals surface area (Å²) in [6.07, 6.45) is 18.8. The van der Waals surface area contributed by atoms with Crippen molar-refractivity contribution in [2.75, 3.05) is 19.6 Å². The Kier molecular flexibility index (Phi) is 25.0. The minimum Gasteiger partial charge on any atom is -1.00 e. The van der Waals surface area contributed by atoms with Crippen LogP contribution in [0.3, 0.4) is 0 Å². The number of carboxylic acids is 1. The molecule has 0 aliphatic heterocycles. The minimum atomic E-state index is -1.00. The zero-order chi connectivity index (χ0) is 46.3. The number of H-pyrrole nitrogens is 5. The largest absolute Gasteiger partial charge is 1.00 e. The summed E-state index contributed by atoms with van der Waals surface area (Å²) in [5, 5.41) is 28.5. The molecule has 0 bridgehead atoms. The third-order valence-electron chi connectivity index (χ3n) is 12.9. The zero-order valence-corrected chi connectivity index (χ0v) is 42.9. The van der Waals surface area contributed by atoms with Gasteiger partial charge >= 0.3 is 35.5 Å². The second-order valence-electron chi connectivity index (χ2n) is 17.7. The molecule has 3 aliphatic rings. The Labute approximate surface area is 443 Å². The van der Waals surface area contributed by atoms with E-state index in [-0.39, 0.29) is 70.8 Å². The maximum Gasteiger partial charge on any atom is 1.00 e. The monoisotopic (exact) mass is 980 g/mol. The van der Waals surface area contributed by atoms with Gasteiger partial charge in [0.2, 0.25) is 0 Å². The van der Waals surface area contributed by atoms with Gasteiger partial charge in [-0.1, -0.05) is 63.1 Å². The quantitative estimate of drug-likeness (QED) is 0.0449. The number of aromatic amines is 5. The molecule has 3 radical (unpaired) electrons. The summed E-state index contributed by atoms with van der Waals surface area (Å²) < 4.78 is 0. The minimum absolute atomic E-state index is 0. The van der Waals surface area contributed by atoms with Crippen molar-refractivity contribution in [3.05, 3.63) is 143 Å². The Morgan fingerprint density at radius 3 is 1.66 bits per heavy atom. The molecule has 3 saturated carbocycles. The summed E-state index contributed by atoms with van der Waals surface area (Å²) in [7, 11) is 0. The van der Waals surface area contributed by atoms with Crippen LogP contribution in [0.4, 0.5) is 0 Å². The molecule has 17 heteroatoms. The van der Waals surface area contributed by atoms with Crippen molar-refractivity contribution < 1.29 is 50.5 Å². The number of carbonyl (C=O) groups is 3. The number of aryl methyl sites for hydroxylation is 2. The van der Waals surface area contributed by atoms with Crippen molar-refractivity contribution in [1.29, 1.82) is 0 Å². The number of hydrogen-bond acceptors (Lipinski definition) is 7. The first-order chi connectivity index (χ1) is 32.2. The molecule has 8 aromatic rings. The van der Waals surface area contributed by atoms with Crippen molar-refractivity contribution in [2.45, 2.75) is 92.2 Å². The van der Waals surface area contributed by atoms with Gasteiger partial charge in [0.25, 0.3) is 5.91 Å². The molecule has 0 spiro atoms. The molecule has 5 aromatic heterocycles. The molecule has 11 rings (SSSR count). The summed E-state index contributed by atoms with van der Waals surface area (Å²) in [6, 6.07) is 27.7. The molecular formula is C53H70BClN10NaO4. The molecule has 70 heavy (non-hydrogen) atoms. The number of nitrogens with two attached hydrogens (primary N) is 1. The van der Waals surface area contributed by atoms with E-state index in [1.807, 2.05) is 66.8 Å². The first-order valence-electron chi connectivity index (χ1n) is 23.3. The fourth-order valence-electron chi connectivity index (χ4n) is 8.27. The molecular weight excluding hydrogens is 910 g/mol. The number of amides is 1. The van der Waals surface area contributed by atoms with Gasteiger partial charge in [0.05, 0.1) is 0 Å². The number of nitrogens with zero attached hydrogens (tertiary/aromatic N) is 3. The van der Waals surface area contributed by atoms with E-state index in [0.29, 0.717) is 18.2 Å². The van der Waals surface area contributed by atoms with Crippen LogP contribution >= 0.6 is 12.4 Å². The summed E-state index contributed by atoms with van der Waals surface area (Å²) >= 11 is 0. The number of aromatic carboxylic acids is 1. The Balaban J connectivity index is 0.000000321. The first-order valence-corrected chi connectivity index (χ1v) is 23.3. The number of rotatable bonds is 12. The van der Waals surface area contributed by atoms with Crippen LogP contribution in [0.5, 0.6) is 0 Å². The van der Waals surface area contributed by atoms with Crippen molar-refractivity contribution in [2.24, 2.45) is 23.5 Å². The molecule has 1 amide bonds. The van der Waals surface area contributed by atoms with Gasteiger partial charge in [0.15, 0.2) is 12.0 Å². The second-order valence-corrected chi connectivity index (χ2v) is 17.7. The van der Waals surface area contributed by atoms with Crippen LogP contribution < -0.4 is 40.6 Å². The van der Waals surface area contributed by atoms with E-state index in [1.165, 1.54) is 97.8 Å². The molecule has 367 valence electrons. The van der Waals surface area contributed by atoms with Crippen LogP contribution in [0.25, 0.3) is 32.7 Å². The summed E-state index contributed by atoms with van der Waals surface area (Å²) in [5.41, 5.74) is 14.2. The third kappa shape index (κ3) is 16.3. The van der Waals surface area contributed by atoms with Crippen molar-refractivity contribution in [3.8, 4) is 0 Å². The topological polar surface area (TPSA) is 217 Å². The zero-order valence-electron chi connectivity index (χ0n) is 41.1. The number of fused-ring (bicyclic) bond motifs is 3. The molecule has 3 aromatic carbocycles. The van der Waals surface area contributed by atoms with Crippen molar-refractivity contribution >= 4 is 71.7 Å². The number of benzene rings is 3. The second kappa shape index (κ2) is 29.7. The van der Waals surface area contributed by atoms with Crippen LogP contribution in [-0.2, 0) is 13.1 Å². The van der Waals surface area contributed by atoms with E-state index in [4.69, 9.17) is 10.8 Å². The number of aromatic nitrogens is 7. The molecule has 3 fully saturated rings. The molecule has 0 saturated heterocycles. The van der Waals surface area contributed by atoms with Crippen LogP contribution in [0.1, 0.15) is 120 Å². The Morgan fingerprint density at radius 1 is 0.729 bits per heavy atom. The van der Waals surface area contributed by atoms with Gasteiger partial charge in [-0.3, -0.25) is 19.8 Å². The van der Waals surface area contributed by atoms with Crippen LogP contribution in [0.2, 0.25) is 0 Å². The van der Waals surface area contributed by atoms with Crippen LogP contribution in [0, 0.1) is 31.6 Å². The number of carboxylic acid groups (broad SMARTS) is 1. The maximum atomic E-state index is 12.9. The van der Waals surface area contributed by atoms with E-state index in [1.54, 1.807) is 6.92 Å². The van der Waals surface area contributed by atoms with E-state index >= 15 is 0 Å². The Morgan fingerprint density at radius 2 is 1.21 bits per heavy atom. The summed E-state index contributed by atoms with van der Waals surface area (Å²) in [6.45, 7) is 8.19. The van der Waals surface area contributed by atoms with Gasteiger partial charge in [-0.2, -0.15) is 10.2 Å². The van der Waals surface area contributed by atoms with E-state index in [2.05, 4.69) is 83.1 Å². The van der Waals surface area contributed by atoms with E-state index in [0.717, 1.165) is 71.1 Å². The van der Waals surface area contributed by atoms with Gasteiger partial charge in [-0.15, -0.1) is 12.4 Å². The first kappa shape index (κ1) is 58.9. The van der Waals surface area contributed by atoms with Gasteiger partial charge in [-0.05, 0) is 143 Å². The molecule has 14 nitrogen and oxygen atoms in total. The van der Waals surface area contributed by atoms with Gasteiger partial charge in [0, 0.05) is 96.3 Å². The van der Waals surface area contributed by atoms with E-state index < -0.39 is 5.97 Å². The SMILES string of the molecule is C.Cc1cc(C(=O)N(Cc2cccc3[nH]ccc23)CC2CCC2)n[nH]1.Cc1cc(C(=O)O)n[nH]1.Cl.NCC1CCC1.O=Cc1cccc2[nH]ccc12.[B].[H-].[Na+].c1cc(CNCC2CCC2)c2cc[nH]c2c1. The average molecular weight is 980 g/mol. The maximum absolute atomic E-state index is 12.9. The summed E-state index contributed by atoms with van der Waals surface area (Å²) in [4.78, 5) is 45.1. The summed E-state index contributed by atoms with van der Waals surface area (Å²) in [5.74, 6) is 1.47.